The van der Waals surface area contributed by atoms with E-state index in [0.29, 0.717) is 12.4 Å². The maximum Gasteiger partial charge on any atom is 0.337 e. The molecule has 0 aliphatic rings. The molecule has 134 valence electrons. The molecule has 0 saturated heterocycles. The van der Waals surface area contributed by atoms with Gasteiger partial charge in [0.25, 0.3) is 0 Å². The molecule has 2 rings (SSSR count). The summed E-state index contributed by atoms with van der Waals surface area (Å²) in [6, 6.07) is 11.0. The zero-order valence-corrected chi connectivity index (χ0v) is 15.4. The Morgan fingerprint density at radius 3 is 2.64 bits per heavy atom. The average Bonchev–Trinajstić information content (AvgIpc) is 2.60. The monoisotopic (exact) mass is 383 g/mol. The van der Waals surface area contributed by atoms with E-state index < -0.39 is 16.0 Å². The van der Waals surface area contributed by atoms with Gasteiger partial charge in [-0.15, -0.1) is 0 Å². The van der Waals surface area contributed by atoms with Crippen molar-refractivity contribution in [3.8, 4) is 5.75 Å². The van der Waals surface area contributed by atoms with Crippen molar-refractivity contribution >= 4 is 27.6 Å². The van der Waals surface area contributed by atoms with Crippen LogP contribution < -0.4 is 9.46 Å². The van der Waals surface area contributed by atoms with Crippen LogP contribution in [-0.4, -0.2) is 28.1 Å². The Balaban J connectivity index is 2.22. The first-order valence-corrected chi connectivity index (χ1v) is 9.32. The third-order valence-electron chi connectivity index (χ3n) is 3.32. The Labute approximate surface area is 151 Å². The summed E-state index contributed by atoms with van der Waals surface area (Å²) < 4.78 is 37.5. The second-order valence-electron chi connectivity index (χ2n) is 5.04. The minimum atomic E-state index is -3.91. The van der Waals surface area contributed by atoms with Crippen LogP contribution in [0.2, 0.25) is 5.02 Å². The van der Waals surface area contributed by atoms with Crippen LogP contribution in [0.4, 0.5) is 0 Å². The molecule has 6 nitrogen and oxygen atoms in total. The van der Waals surface area contributed by atoms with Gasteiger partial charge in [-0.1, -0.05) is 23.7 Å². The number of sulfonamides is 1. The number of esters is 1. The van der Waals surface area contributed by atoms with Crippen molar-refractivity contribution in [2.75, 3.05) is 13.7 Å². The maximum absolute atomic E-state index is 12.5. The topological polar surface area (TPSA) is 81.7 Å². The highest BCUT2D eigenvalue weighted by molar-refractivity contribution is 7.89. The van der Waals surface area contributed by atoms with Crippen LogP contribution in [0, 0.1) is 0 Å². The van der Waals surface area contributed by atoms with E-state index in [1.807, 2.05) is 6.92 Å². The number of hydrogen-bond acceptors (Lipinski definition) is 5. The second kappa shape index (κ2) is 8.33. The Morgan fingerprint density at radius 1 is 1.20 bits per heavy atom. The third kappa shape index (κ3) is 4.94. The predicted molar refractivity (Wildman–Crippen MR) is 94.4 cm³/mol. The van der Waals surface area contributed by atoms with Crippen LogP contribution in [0.5, 0.6) is 5.75 Å². The standard InChI is InChI=1S/C17H18ClNO5S/c1-3-24-14-6-4-5-12(9-14)11-19-25(21,22)16-10-13(17(20)23-2)7-8-15(16)18/h4-10,19H,3,11H2,1-2H3. The summed E-state index contributed by atoms with van der Waals surface area (Å²) in [7, 11) is -2.69. The lowest BCUT2D eigenvalue weighted by molar-refractivity contribution is 0.0600. The van der Waals surface area contributed by atoms with E-state index in [9.17, 15) is 13.2 Å². The summed E-state index contributed by atoms with van der Waals surface area (Å²) >= 11 is 5.99. The fraction of sp³-hybridized carbons (Fsp3) is 0.235. The molecule has 0 fully saturated rings. The molecule has 0 amide bonds. The van der Waals surface area contributed by atoms with Crippen molar-refractivity contribution in [3.63, 3.8) is 0 Å². The molecule has 0 bridgehead atoms. The van der Waals surface area contributed by atoms with Crippen LogP contribution in [0.3, 0.4) is 0 Å². The third-order valence-corrected chi connectivity index (χ3v) is 5.20. The van der Waals surface area contributed by atoms with Gasteiger partial charge < -0.3 is 9.47 Å². The molecule has 2 aromatic carbocycles. The van der Waals surface area contributed by atoms with E-state index in [4.69, 9.17) is 16.3 Å². The zero-order valence-electron chi connectivity index (χ0n) is 13.8. The highest BCUT2D eigenvalue weighted by atomic mass is 35.5. The predicted octanol–water partition coefficient (Wildman–Crippen LogP) is 3.00. The molecule has 0 aliphatic heterocycles. The van der Waals surface area contributed by atoms with E-state index in [0.717, 1.165) is 5.56 Å². The summed E-state index contributed by atoms with van der Waals surface area (Å²) in [4.78, 5) is 11.4. The molecular weight excluding hydrogens is 366 g/mol. The smallest absolute Gasteiger partial charge is 0.337 e. The number of methoxy groups -OCH3 is 1. The van der Waals surface area contributed by atoms with Gasteiger partial charge in [0.15, 0.2) is 0 Å². The fourth-order valence-corrected chi connectivity index (χ4v) is 3.66. The number of halogens is 1. The molecule has 0 radical (unpaired) electrons. The highest BCUT2D eigenvalue weighted by Gasteiger charge is 2.20. The maximum atomic E-state index is 12.5. The van der Waals surface area contributed by atoms with Crippen molar-refractivity contribution in [3.05, 3.63) is 58.6 Å². The zero-order chi connectivity index (χ0) is 18.4. The summed E-state index contributed by atoms with van der Waals surface area (Å²) in [6.07, 6.45) is 0. The molecule has 1 N–H and O–H groups in total. The number of benzene rings is 2. The van der Waals surface area contributed by atoms with E-state index in [-0.39, 0.29) is 22.0 Å². The largest absolute Gasteiger partial charge is 0.494 e. The first-order chi connectivity index (χ1) is 11.9. The number of nitrogens with one attached hydrogen (secondary N) is 1. The van der Waals surface area contributed by atoms with Crippen LogP contribution >= 0.6 is 11.6 Å². The van der Waals surface area contributed by atoms with E-state index in [1.54, 1.807) is 24.3 Å². The number of carbonyl (C=O) groups excluding carboxylic acids is 1. The lowest BCUT2D eigenvalue weighted by Crippen LogP contribution is -2.24. The molecule has 0 spiro atoms. The quantitative estimate of drug-likeness (QED) is 0.743. The molecular formula is C17H18ClNO5S. The molecule has 0 atom stereocenters. The van der Waals surface area contributed by atoms with Crippen molar-refractivity contribution in [1.82, 2.24) is 4.72 Å². The van der Waals surface area contributed by atoms with Gasteiger partial charge >= 0.3 is 5.97 Å². The minimum Gasteiger partial charge on any atom is -0.494 e. The number of ether oxygens (including phenoxy) is 2. The van der Waals surface area contributed by atoms with Gasteiger partial charge in [0.05, 0.1) is 24.3 Å². The summed E-state index contributed by atoms with van der Waals surface area (Å²) in [5.41, 5.74) is 0.834. The summed E-state index contributed by atoms with van der Waals surface area (Å²) in [6.45, 7) is 2.44. The Hall–Kier alpha value is -2.09. The molecule has 0 aliphatic carbocycles. The van der Waals surface area contributed by atoms with Crippen molar-refractivity contribution in [1.29, 1.82) is 0 Å². The highest BCUT2D eigenvalue weighted by Crippen LogP contribution is 2.23. The fourth-order valence-electron chi connectivity index (χ4n) is 2.12. The lowest BCUT2D eigenvalue weighted by atomic mass is 10.2. The number of hydrogen-bond donors (Lipinski definition) is 1. The van der Waals surface area contributed by atoms with Gasteiger partial charge in [-0.05, 0) is 42.8 Å². The van der Waals surface area contributed by atoms with Crippen molar-refractivity contribution < 1.29 is 22.7 Å². The molecule has 25 heavy (non-hydrogen) atoms. The minimum absolute atomic E-state index is 0.0169. The van der Waals surface area contributed by atoms with E-state index in [1.165, 1.54) is 25.3 Å². The first kappa shape index (κ1) is 19.2. The molecule has 0 unspecified atom stereocenters. The Morgan fingerprint density at radius 2 is 1.96 bits per heavy atom. The van der Waals surface area contributed by atoms with E-state index in [2.05, 4.69) is 9.46 Å². The van der Waals surface area contributed by atoms with E-state index >= 15 is 0 Å². The number of carbonyl (C=O) groups is 1. The summed E-state index contributed by atoms with van der Waals surface area (Å²) in [5.74, 6) is 0.0162. The first-order valence-electron chi connectivity index (χ1n) is 7.46. The van der Waals surface area contributed by atoms with Gasteiger partial charge in [0.1, 0.15) is 10.6 Å². The molecule has 0 saturated carbocycles. The average molecular weight is 384 g/mol. The van der Waals surface area contributed by atoms with Gasteiger partial charge in [-0.3, -0.25) is 0 Å². The van der Waals surface area contributed by atoms with Gasteiger partial charge in [0, 0.05) is 6.54 Å². The SMILES string of the molecule is CCOc1cccc(CNS(=O)(=O)c2cc(C(=O)OC)ccc2Cl)c1. The summed E-state index contributed by atoms with van der Waals surface area (Å²) in [5, 5.41) is 0.0169. The Kier molecular flexibility index (Phi) is 6.41. The van der Waals surface area contributed by atoms with Crippen LogP contribution in [-0.2, 0) is 21.3 Å². The van der Waals surface area contributed by atoms with Crippen molar-refractivity contribution in [2.24, 2.45) is 0 Å². The van der Waals surface area contributed by atoms with Crippen LogP contribution in [0.25, 0.3) is 0 Å². The molecule has 0 heterocycles. The molecule has 8 heteroatoms. The van der Waals surface area contributed by atoms with Gasteiger partial charge in [0.2, 0.25) is 10.0 Å². The van der Waals surface area contributed by atoms with Crippen LogP contribution in [0.15, 0.2) is 47.4 Å². The van der Waals surface area contributed by atoms with Crippen molar-refractivity contribution in [2.45, 2.75) is 18.4 Å². The van der Waals surface area contributed by atoms with Gasteiger partial charge in [-0.25, -0.2) is 17.9 Å². The molecule has 2 aromatic rings. The van der Waals surface area contributed by atoms with Crippen LogP contribution in [0.1, 0.15) is 22.8 Å². The molecule has 0 aromatic heterocycles. The lowest BCUT2D eigenvalue weighted by Gasteiger charge is -2.11. The Bertz CT molecular complexity index is 867. The normalized spacial score (nSPS) is 11.2. The number of rotatable bonds is 7. The van der Waals surface area contributed by atoms with Gasteiger partial charge in [-0.2, -0.15) is 0 Å². The second-order valence-corrected chi connectivity index (χ2v) is 7.18.